The van der Waals surface area contributed by atoms with Crippen molar-refractivity contribution in [2.24, 2.45) is 10.9 Å². The van der Waals surface area contributed by atoms with Gasteiger partial charge in [-0.3, -0.25) is 4.99 Å². The van der Waals surface area contributed by atoms with E-state index in [2.05, 4.69) is 50.3 Å². The van der Waals surface area contributed by atoms with Crippen LogP contribution in [0.4, 0.5) is 0 Å². The predicted molar refractivity (Wildman–Crippen MR) is 110 cm³/mol. The van der Waals surface area contributed by atoms with Crippen LogP contribution >= 0.6 is 24.0 Å². The van der Waals surface area contributed by atoms with E-state index in [-0.39, 0.29) is 24.0 Å². The van der Waals surface area contributed by atoms with Gasteiger partial charge in [0.25, 0.3) is 0 Å². The van der Waals surface area contributed by atoms with Crippen LogP contribution in [-0.4, -0.2) is 62.8 Å². The Morgan fingerprint density at radius 2 is 2.04 bits per heavy atom. The van der Waals surface area contributed by atoms with Crippen LogP contribution in [0.15, 0.2) is 4.99 Å². The molecule has 0 bridgehead atoms. The lowest BCUT2D eigenvalue weighted by Gasteiger charge is -2.22. The lowest BCUT2D eigenvalue weighted by molar-refractivity contribution is 0.0258. The van der Waals surface area contributed by atoms with Gasteiger partial charge in [0, 0.05) is 25.7 Å². The SMILES string of the molecule is CCNC(=NCC1CCCN1C)NCCC(OCC)C(C)C.I. The molecule has 0 spiro atoms. The molecule has 23 heavy (non-hydrogen) atoms. The van der Waals surface area contributed by atoms with Crippen LogP contribution in [-0.2, 0) is 4.74 Å². The highest BCUT2D eigenvalue weighted by Gasteiger charge is 2.20. The van der Waals surface area contributed by atoms with Crippen LogP contribution in [0.25, 0.3) is 0 Å². The summed E-state index contributed by atoms with van der Waals surface area (Å²) in [6, 6.07) is 0.599. The van der Waals surface area contributed by atoms with E-state index in [1.54, 1.807) is 0 Å². The number of nitrogens with zero attached hydrogens (tertiary/aromatic N) is 2. The van der Waals surface area contributed by atoms with Crippen molar-refractivity contribution in [3.63, 3.8) is 0 Å². The zero-order valence-electron chi connectivity index (χ0n) is 15.6. The van der Waals surface area contributed by atoms with Crippen molar-refractivity contribution in [2.45, 2.75) is 59.1 Å². The molecule has 138 valence electrons. The lowest BCUT2D eigenvalue weighted by atomic mass is 10.0. The molecule has 1 fully saturated rings. The van der Waals surface area contributed by atoms with Gasteiger partial charge in [0.1, 0.15) is 0 Å². The smallest absolute Gasteiger partial charge is 0.191 e. The summed E-state index contributed by atoms with van der Waals surface area (Å²) in [6.45, 7) is 13.3. The molecule has 0 aliphatic carbocycles. The minimum Gasteiger partial charge on any atom is -0.378 e. The molecule has 0 saturated carbocycles. The standard InChI is InChI=1S/C17H36N4O.HI/c1-6-18-17(20-13-15-9-8-12-21(15)5)19-11-10-16(14(3)4)22-7-2;/h14-16H,6-13H2,1-5H3,(H2,18,19,20);1H. The molecule has 0 radical (unpaired) electrons. The number of hydrogen-bond donors (Lipinski definition) is 2. The maximum absolute atomic E-state index is 5.79. The summed E-state index contributed by atoms with van der Waals surface area (Å²) in [5.41, 5.74) is 0. The van der Waals surface area contributed by atoms with Crippen molar-refractivity contribution >= 4 is 29.9 Å². The third-order valence-electron chi connectivity index (χ3n) is 4.32. The van der Waals surface area contributed by atoms with E-state index >= 15 is 0 Å². The first-order valence-electron chi connectivity index (χ1n) is 8.92. The van der Waals surface area contributed by atoms with Gasteiger partial charge in [-0.25, -0.2) is 0 Å². The van der Waals surface area contributed by atoms with Gasteiger partial charge in [-0.1, -0.05) is 13.8 Å². The second-order valence-corrected chi connectivity index (χ2v) is 6.45. The van der Waals surface area contributed by atoms with Crippen LogP contribution in [0.5, 0.6) is 0 Å². The summed E-state index contributed by atoms with van der Waals surface area (Å²) in [5, 5.41) is 6.78. The van der Waals surface area contributed by atoms with E-state index in [4.69, 9.17) is 9.73 Å². The molecule has 0 amide bonds. The Morgan fingerprint density at radius 1 is 1.30 bits per heavy atom. The van der Waals surface area contributed by atoms with Crippen molar-refractivity contribution in [1.82, 2.24) is 15.5 Å². The van der Waals surface area contributed by atoms with Crippen molar-refractivity contribution in [3.05, 3.63) is 0 Å². The van der Waals surface area contributed by atoms with Gasteiger partial charge in [0.15, 0.2) is 5.96 Å². The third kappa shape index (κ3) is 9.10. The van der Waals surface area contributed by atoms with E-state index in [0.717, 1.165) is 38.6 Å². The average Bonchev–Trinajstić information content (AvgIpc) is 2.89. The topological polar surface area (TPSA) is 48.9 Å². The highest BCUT2D eigenvalue weighted by molar-refractivity contribution is 14.0. The summed E-state index contributed by atoms with van der Waals surface area (Å²) in [5.74, 6) is 1.48. The second kappa shape index (κ2) is 13.2. The number of likely N-dealkylation sites (N-methyl/N-ethyl adjacent to an activating group) is 1. The number of rotatable bonds is 9. The Kier molecular flexibility index (Phi) is 13.2. The van der Waals surface area contributed by atoms with E-state index in [1.807, 2.05) is 0 Å². The molecule has 5 nitrogen and oxygen atoms in total. The van der Waals surface area contributed by atoms with Crippen LogP contribution in [0.3, 0.4) is 0 Å². The van der Waals surface area contributed by atoms with Crippen molar-refractivity contribution < 1.29 is 4.74 Å². The molecule has 0 aromatic rings. The molecule has 2 N–H and O–H groups in total. The summed E-state index contributed by atoms with van der Waals surface area (Å²) in [4.78, 5) is 7.16. The summed E-state index contributed by atoms with van der Waals surface area (Å²) < 4.78 is 5.79. The number of halogens is 1. The molecule has 0 aromatic heterocycles. The van der Waals surface area contributed by atoms with E-state index in [0.29, 0.717) is 18.1 Å². The monoisotopic (exact) mass is 440 g/mol. The van der Waals surface area contributed by atoms with Gasteiger partial charge in [-0.15, -0.1) is 24.0 Å². The molecule has 2 unspecified atom stereocenters. The molecule has 2 atom stereocenters. The Balaban J connectivity index is 0.00000484. The fraction of sp³-hybridized carbons (Fsp3) is 0.941. The molecule has 6 heteroatoms. The zero-order valence-corrected chi connectivity index (χ0v) is 17.9. The highest BCUT2D eigenvalue weighted by atomic mass is 127. The maximum Gasteiger partial charge on any atom is 0.191 e. The first kappa shape index (κ1) is 22.9. The highest BCUT2D eigenvalue weighted by Crippen LogP contribution is 2.14. The van der Waals surface area contributed by atoms with Gasteiger partial charge in [-0.2, -0.15) is 0 Å². The van der Waals surface area contributed by atoms with Gasteiger partial charge in [0.2, 0.25) is 0 Å². The predicted octanol–water partition coefficient (Wildman–Crippen LogP) is 2.70. The summed E-state index contributed by atoms with van der Waals surface area (Å²) >= 11 is 0. The number of ether oxygens (including phenoxy) is 1. The van der Waals surface area contributed by atoms with Gasteiger partial charge in [0.05, 0.1) is 12.6 Å². The maximum atomic E-state index is 5.79. The van der Waals surface area contributed by atoms with Crippen LogP contribution in [0, 0.1) is 5.92 Å². The van der Waals surface area contributed by atoms with Crippen molar-refractivity contribution in [2.75, 3.05) is 39.8 Å². The zero-order chi connectivity index (χ0) is 16.4. The fourth-order valence-corrected chi connectivity index (χ4v) is 2.90. The van der Waals surface area contributed by atoms with Crippen LogP contribution in [0.1, 0.15) is 47.0 Å². The fourth-order valence-electron chi connectivity index (χ4n) is 2.90. The normalized spacial score (nSPS) is 20.4. The van der Waals surface area contributed by atoms with Crippen LogP contribution < -0.4 is 10.6 Å². The van der Waals surface area contributed by atoms with E-state index in [1.165, 1.54) is 19.4 Å². The molecule has 1 rings (SSSR count). The van der Waals surface area contributed by atoms with Gasteiger partial charge >= 0.3 is 0 Å². The molecule has 1 saturated heterocycles. The summed E-state index contributed by atoms with van der Waals surface area (Å²) in [7, 11) is 2.20. The van der Waals surface area contributed by atoms with E-state index < -0.39 is 0 Å². The van der Waals surface area contributed by atoms with Gasteiger partial charge < -0.3 is 20.3 Å². The Hall–Kier alpha value is -0.0800. The van der Waals surface area contributed by atoms with Crippen LogP contribution in [0.2, 0.25) is 0 Å². The number of nitrogens with one attached hydrogen (secondary N) is 2. The third-order valence-corrected chi connectivity index (χ3v) is 4.32. The number of likely N-dealkylation sites (tertiary alicyclic amines) is 1. The first-order valence-corrected chi connectivity index (χ1v) is 8.92. The molecular formula is C17H37IN4O. The molecule has 1 heterocycles. The van der Waals surface area contributed by atoms with Gasteiger partial charge in [-0.05, 0) is 52.6 Å². The average molecular weight is 440 g/mol. The number of hydrogen-bond acceptors (Lipinski definition) is 3. The summed E-state index contributed by atoms with van der Waals surface area (Å²) in [6.07, 6.45) is 3.89. The Bertz CT molecular complexity index is 326. The number of aliphatic imine (C=N–C) groups is 1. The van der Waals surface area contributed by atoms with Crippen molar-refractivity contribution in [1.29, 1.82) is 0 Å². The second-order valence-electron chi connectivity index (χ2n) is 6.45. The van der Waals surface area contributed by atoms with Crippen molar-refractivity contribution in [3.8, 4) is 0 Å². The van der Waals surface area contributed by atoms with E-state index in [9.17, 15) is 0 Å². The Morgan fingerprint density at radius 3 is 2.57 bits per heavy atom. The largest absolute Gasteiger partial charge is 0.378 e. The minimum absolute atomic E-state index is 0. The molecular weight excluding hydrogens is 403 g/mol. The molecule has 0 aromatic carbocycles. The number of guanidine groups is 1. The lowest BCUT2D eigenvalue weighted by Crippen LogP contribution is -2.40. The molecule has 1 aliphatic rings. The quantitative estimate of drug-likeness (QED) is 0.329. The first-order chi connectivity index (χ1) is 10.6. The minimum atomic E-state index is 0. The Labute approximate surface area is 160 Å². The molecule has 1 aliphatic heterocycles.